The van der Waals surface area contributed by atoms with Crippen LogP contribution in [0, 0.1) is 6.92 Å². The first kappa shape index (κ1) is 12.6. The Morgan fingerprint density at radius 2 is 2.33 bits per heavy atom. The van der Waals surface area contributed by atoms with Gasteiger partial charge in [0.15, 0.2) is 5.13 Å². The van der Waals surface area contributed by atoms with Gasteiger partial charge in [-0.05, 0) is 19.1 Å². The minimum absolute atomic E-state index is 0.0538. The molecule has 1 aromatic carbocycles. The Hall–Kier alpha value is -1.88. The molecule has 94 valence electrons. The Morgan fingerprint density at radius 3 is 3.00 bits per heavy atom. The van der Waals surface area contributed by atoms with Gasteiger partial charge < -0.3 is 11.1 Å². The standard InChI is InChI=1S/C13H15N3OS/c1-9-3-2-4-10(7-9)12(17)15-6-5-11-8-18-13(14)16-11/h2-4,7-8H,5-6H2,1H3,(H2,14,16)(H,15,17). The van der Waals surface area contributed by atoms with Crippen molar-refractivity contribution in [3.8, 4) is 0 Å². The van der Waals surface area contributed by atoms with Crippen LogP contribution in [-0.2, 0) is 6.42 Å². The van der Waals surface area contributed by atoms with E-state index in [1.165, 1.54) is 11.3 Å². The molecule has 0 aliphatic rings. The Bertz CT molecular complexity index is 551. The molecule has 0 saturated carbocycles. The van der Waals surface area contributed by atoms with Gasteiger partial charge in [-0.15, -0.1) is 11.3 Å². The van der Waals surface area contributed by atoms with Crippen LogP contribution >= 0.6 is 11.3 Å². The summed E-state index contributed by atoms with van der Waals surface area (Å²) in [6.07, 6.45) is 0.700. The van der Waals surface area contributed by atoms with Gasteiger partial charge in [0.05, 0.1) is 5.69 Å². The summed E-state index contributed by atoms with van der Waals surface area (Å²) < 4.78 is 0. The number of hydrogen-bond acceptors (Lipinski definition) is 4. The van der Waals surface area contributed by atoms with Crippen molar-refractivity contribution in [2.45, 2.75) is 13.3 Å². The summed E-state index contributed by atoms with van der Waals surface area (Å²) in [5.74, 6) is -0.0538. The van der Waals surface area contributed by atoms with E-state index in [-0.39, 0.29) is 5.91 Å². The third-order valence-electron chi connectivity index (χ3n) is 2.52. The lowest BCUT2D eigenvalue weighted by atomic mass is 10.1. The van der Waals surface area contributed by atoms with E-state index in [0.717, 1.165) is 11.3 Å². The molecule has 0 atom stereocenters. The number of thiazole rings is 1. The van der Waals surface area contributed by atoms with Gasteiger partial charge in [0.2, 0.25) is 0 Å². The number of carbonyl (C=O) groups is 1. The first-order chi connectivity index (χ1) is 8.65. The molecule has 0 radical (unpaired) electrons. The summed E-state index contributed by atoms with van der Waals surface area (Å²) in [5.41, 5.74) is 8.22. The van der Waals surface area contributed by atoms with E-state index in [0.29, 0.717) is 23.7 Å². The molecule has 0 unspecified atom stereocenters. The van der Waals surface area contributed by atoms with Crippen LogP contribution in [0.4, 0.5) is 5.13 Å². The van der Waals surface area contributed by atoms with Crippen molar-refractivity contribution < 1.29 is 4.79 Å². The van der Waals surface area contributed by atoms with Crippen molar-refractivity contribution >= 4 is 22.4 Å². The molecule has 0 saturated heterocycles. The summed E-state index contributed by atoms with van der Waals surface area (Å²) in [6, 6.07) is 7.53. The van der Waals surface area contributed by atoms with E-state index in [2.05, 4.69) is 10.3 Å². The summed E-state index contributed by atoms with van der Waals surface area (Å²) in [7, 11) is 0. The number of nitrogens with two attached hydrogens (primary N) is 1. The third kappa shape index (κ3) is 3.30. The number of benzene rings is 1. The Kier molecular flexibility index (Phi) is 3.94. The van der Waals surface area contributed by atoms with Gasteiger partial charge in [0.25, 0.3) is 5.91 Å². The summed E-state index contributed by atoms with van der Waals surface area (Å²) in [6.45, 7) is 2.53. The maximum absolute atomic E-state index is 11.8. The molecule has 5 heteroatoms. The quantitative estimate of drug-likeness (QED) is 0.884. The van der Waals surface area contributed by atoms with E-state index >= 15 is 0 Å². The predicted molar refractivity (Wildman–Crippen MR) is 73.7 cm³/mol. The van der Waals surface area contributed by atoms with Crippen LogP contribution in [0.5, 0.6) is 0 Å². The highest BCUT2D eigenvalue weighted by atomic mass is 32.1. The van der Waals surface area contributed by atoms with E-state index in [4.69, 9.17) is 5.73 Å². The first-order valence-corrected chi connectivity index (χ1v) is 6.58. The average Bonchev–Trinajstić information content (AvgIpc) is 2.75. The summed E-state index contributed by atoms with van der Waals surface area (Å²) in [5, 5.41) is 5.34. The van der Waals surface area contributed by atoms with Gasteiger partial charge in [-0.3, -0.25) is 4.79 Å². The van der Waals surface area contributed by atoms with Gasteiger partial charge in [-0.2, -0.15) is 0 Å². The molecule has 1 heterocycles. The predicted octanol–water partition coefficient (Wildman–Crippen LogP) is 2.01. The highest BCUT2D eigenvalue weighted by molar-refractivity contribution is 7.13. The number of nitrogen functional groups attached to an aromatic ring is 1. The first-order valence-electron chi connectivity index (χ1n) is 5.70. The summed E-state index contributed by atoms with van der Waals surface area (Å²) >= 11 is 1.42. The number of amides is 1. The van der Waals surface area contributed by atoms with Gasteiger partial charge in [-0.1, -0.05) is 17.7 Å². The van der Waals surface area contributed by atoms with Gasteiger partial charge in [-0.25, -0.2) is 4.98 Å². The second-order valence-electron chi connectivity index (χ2n) is 4.05. The molecule has 0 aliphatic heterocycles. The minimum Gasteiger partial charge on any atom is -0.375 e. The van der Waals surface area contributed by atoms with Crippen LogP contribution < -0.4 is 11.1 Å². The summed E-state index contributed by atoms with van der Waals surface area (Å²) in [4.78, 5) is 16.0. The minimum atomic E-state index is -0.0538. The zero-order valence-electron chi connectivity index (χ0n) is 10.1. The van der Waals surface area contributed by atoms with E-state index in [1.807, 2.05) is 36.6 Å². The van der Waals surface area contributed by atoms with Crippen LogP contribution in [0.3, 0.4) is 0 Å². The third-order valence-corrected chi connectivity index (χ3v) is 3.24. The van der Waals surface area contributed by atoms with Crippen molar-refractivity contribution in [1.29, 1.82) is 0 Å². The van der Waals surface area contributed by atoms with Crippen LogP contribution in [0.15, 0.2) is 29.6 Å². The zero-order chi connectivity index (χ0) is 13.0. The second-order valence-corrected chi connectivity index (χ2v) is 4.94. The molecule has 2 rings (SSSR count). The van der Waals surface area contributed by atoms with Crippen LogP contribution in [0.25, 0.3) is 0 Å². The molecular formula is C13H15N3OS. The van der Waals surface area contributed by atoms with Gasteiger partial charge >= 0.3 is 0 Å². The number of rotatable bonds is 4. The highest BCUT2D eigenvalue weighted by Crippen LogP contribution is 2.11. The average molecular weight is 261 g/mol. The van der Waals surface area contributed by atoms with Crippen molar-refractivity contribution in [3.05, 3.63) is 46.5 Å². The number of aromatic nitrogens is 1. The normalized spacial score (nSPS) is 10.3. The fourth-order valence-corrected chi connectivity index (χ4v) is 2.23. The lowest BCUT2D eigenvalue weighted by Crippen LogP contribution is -2.25. The Morgan fingerprint density at radius 1 is 1.50 bits per heavy atom. The fourth-order valence-electron chi connectivity index (χ4n) is 1.63. The number of nitrogens with zero attached hydrogens (tertiary/aromatic N) is 1. The van der Waals surface area contributed by atoms with Crippen LogP contribution in [-0.4, -0.2) is 17.4 Å². The lowest BCUT2D eigenvalue weighted by Gasteiger charge is -2.04. The Labute approximate surface area is 110 Å². The number of carbonyl (C=O) groups excluding carboxylic acids is 1. The molecule has 0 aliphatic carbocycles. The lowest BCUT2D eigenvalue weighted by molar-refractivity contribution is 0.0954. The molecular weight excluding hydrogens is 246 g/mol. The van der Waals surface area contributed by atoms with Gasteiger partial charge in [0.1, 0.15) is 0 Å². The van der Waals surface area contributed by atoms with Crippen molar-refractivity contribution in [2.75, 3.05) is 12.3 Å². The van der Waals surface area contributed by atoms with Crippen molar-refractivity contribution in [1.82, 2.24) is 10.3 Å². The van der Waals surface area contributed by atoms with Crippen LogP contribution in [0.2, 0.25) is 0 Å². The molecule has 3 N–H and O–H groups in total. The molecule has 1 amide bonds. The monoisotopic (exact) mass is 261 g/mol. The van der Waals surface area contributed by atoms with E-state index < -0.39 is 0 Å². The maximum Gasteiger partial charge on any atom is 0.251 e. The second kappa shape index (κ2) is 5.64. The zero-order valence-corrected chi connectivity index (χ0v) is 11.0. The largest absolute Gasteiger partial charge is 0.375 e. The van der Waals surface area contributed by atoms with E-state index in [9.17, 15) is 4.79 Å². The maximum atomic E-state index is 11.8. The topological polar surface area (TPSA) is 68.0 Å². The molecule has 18 heavy (non-hydrogen) atoms. The molecule has 2 aromatic rings. The number of aryl methyl sites for hydroxylation is 1. The number of nitrogens with one attached hydrogen (secondary N) is 1. The number of anilines is 1. The molecule has 0 bridgehead atoms. The smallest absolute Gasteiger partial charge is 0.251 e. The van der Waals surface area contributed by atoms with Crippen molar-refractivity contribution in [2.24, 2.45) is 0 Å². The molecule has 0 fully saturated rings. The van der Waals surface area contributed by atoms with Crippen LogP contribution in [0.1, 0.15) is 21.6 Å². The van der Waals surface area contributed by atoms with E-state index in [1.54, 1.807) is 0 Å². The number of hydrogen-bond donors (Lipinski definition) is 2. The molecule has 4 nitrogen and oxygen atoms in total. The SMILES string of the molecule is Cc1cccc(C(=O)NCCc2csc(N)n2)c1. The highest BCUT2D eigenvalue weighted by Gasteiger charge is 2.05. The Balaban J connectivity index is 1.85. The molecule has 1 aromatic heterocycles. The van der Waals surface area contributed by atoms with Crippen molar-refractivity contribution in [3.63, 3.8) is 0 Å². The fraction of sp³-hybridized carbons (Fsp3) is 0.231. The molecule has 0 spiro atoms. The van der Waals surface area contributed by atoms with Gasteiger partial charge in [0, 0.05) is 23.9 Å².